The van der Waals surface area contributed by atoms with Gasteiger partial charge in [-0.15, -0.1) is 12.3 Å². The molecule has 1 aliphatic heterocycles. The van der Waals surface area contributed by atoms with Gasteiger partial charge < -0.3 is 19.5 Å². The van der Waals surface area contributed by atoms with Crippen molar-refractivity contribution in [2.75, 3.05) is 13.2 Å². The molecule has 39 heavy (non-hydrogen) atoms. The van der Waals surface area contributed by atoms with Crippen LogP contribution in [0.3, 0.4) is 0 Å². The number of carboxylic acid groups (broad SMARTS) is 1. The van der Waals surface area contributed by atoms with Gasteiger partial charge in [-0.3, -0.25) is 15.7 Å². The number of amidine groups is 1. The minimum Gasteiger partial charge on any atom is -0.465 e. The Morgan fingerprint density at radius 3 is 2.62 bits per heavy atom. The number of pyridine rings is 1. The lowest BCUT2D eigenvalue weighted by atomic mass is 9.82. The fraction of sp³-hybridized carbons (Fsp3) is 0.481. The molecule has 1 unspecified atom stereocenters. The minimum absolute atomic E-state index is 0.0396. The van der Waals surface area contributed by atoms with Crippen LogP contribution in [0, 0.1) is 35.5 Å². The van der Waals surface area contributed by atoms with Crippen molar-refractivity contribution in [3.8, 4) is 23.6 Å². The van der Waals surface area contributed by atoms with E-state index in [4.69, 9.17) is 38.3 Å². The van der Waals surface area contributed by atoms with Crippen LogP contribution < -0.4 is 5.32 Å². The molecule has 1 atom stereocenters. The van der Waals surface area contributed by atoms with Crippen molar-refractivity contribution < 1.29 is 19.7 Å². The Hall–Kier alpha value is -3.59. The van der Waals surface area contributed by atoms with Gasteiger partial charge >= 0.3 is 6.09 Å². The van der Waals surface area contributed by atoms with Crippen LogP contribution in [0.2, 0.25) is 5.02 Å². The normalized spacial score (nSPS) is 20.8. The van der Waals surface area contributed by atoms with Crippen molar-refractivity contribution in [3.05, 3.63) is 35.1 Å². The summed E-state index contributed by atoms with van der Waals surface area (Å²) in [6, 6.07) is 1.69. The van der Waals surface area contributed by atoms with Gasteiger partial charge in [-0.1, -0.05) is 11.6 Å². The van der Waals surface area contributed by atoms with Crippen LogP contribution in [0.1, 0.15) is 56.3 Å². The fourth-order valence-corrected chi connectivity index (χ4v) is 5.67. The Bertz CT molecular complexity index is 1420. The van der Waals surface area contributed by atoms with E-state index < -0.39 is 18.0 Å². The molecule has 0 aromatic carbocycles. The number of terminal acetylenes is 1. The van der Waals surface area contributed by atoms with Crippen molar-refractivity contribution in [3.63, 3.8) is 0 Å². The Morgan fingerprint density at radius 2 is 1.95 bits per heavy atom. The van der Waals surface area contributed by atoms with Gasteiger partial charge in [0.25, 0.3) is 0 Å². The number of rotatable bonds is 6. The smallest absolute Gasteiger partial charge is 0.410 e. The third-order valence-electron chi connectivity index (χ3n) is 7.57. The van der Waals surface area contributed by atoms with E-state index >= 15 is 0 Å². The van der Waals surface area contributed by atoms with E-state index in [1.807, 2.05) is 9.88 Å². The number of nitrogens with one attached hydrogen (secondary N) is 2. The van der Waals surface area contributed by atoms with E-state index in [-0.39, 0.29) is 23.3 Å². The third-order valence-corrected chi connectivity index (χ3v) is 7.77. The molecule has 0 radical (unpaired) electrons. The maximum atomic E-state index is 11.6. The first-order valence-corrected chi connectivity index (χ1v) is 13.4. The van der Waals surface area contributed by atoms with Crippen LogP contribution in [-0.4, -0.2) is 59.9 Å². The summed E-state index contributed by atoms with van der Waals surface area (Å²) in [5.41, 5.74) is 1.79. The number of carbonyl (C=O) groups is 1. The van der Waals surface area contributed by atoms with Gasteiger partial charge in [0.2, 0.25) is 0 Å². The third kappa shape index (κ3) is 5.88. The first-order valence-electron chi connectivity index (χ1n) is 13.0. The van der Waals surface area contributed by atoms with Crippen LogP contribution in [0.4, 0.5) is 4.79 Å². The number of imidazole rings is 1. The van der Waals surface area contributed by atoms with E-state index in [9.17, 15) is 9.90 Å². The summed E-state index contributed by atoms with van der Waals surface area (Å²) < 4.78 is 7.49. The van der Waals surface area contributed by atoms with Crippen LogP contribution in [0.5, 0.6) is 0 Å². The van der Waals surface area contributed by atoms with Crippen LogP contribution in [0.25, 0.3) is 22.4 Å². The molecule has 1 amide bonds. The van der Waals surface area contributed by atoms with Crippen LogP contribution in [0.15, 0.2) is 18.5 Å². The van der Waals surface area contributed by atoms with Gasteiger partial charge in [0, 0.05) is 43.6 Å². The highest BCUT2D eigenvalue weighted by Crippen LogP contribution is 2.37. The number of halogens is 1. The summed E-state index contributed by atoms with van der Waals surface area (Å²) in [6.45, 7) is 1.72. The van der Waals surface area contributed by atoms with Crippen molar-refractivity contribution in [1.29, 1.82) is 5.41 Å². The summed E-state index contributed by atoms with van der Waals surface area (Å²) in [6.07, 6.45) is 11.7. The Balaban J connectivity index is 1.67. The van der Waals surface area contributed by atoms with Gasteiger partial charge in [0.05, 0.1) is 5.02 Å². The number of fused-ring (bicyclic) bond motifs is 1. The van der Waals surface area contributed by atoms with Gasteiger partial charge in [0.15, 0.2) is 17.3 Å². The highest BCUT2D eigenvalue weighted by molar-refractivity contribution is 6.30. The number of aliphatic hydroxyl groups excluding tert-OH is 1. The number of hydrogen-bond acceptors (Lipinski definition) is 8. The maximum Gasteiger partial charge on any atom is 0.410 e. The van der Waals surface area contributed by atoms with Crippen molar-refractivity contribution >= 4 is 34.7 Å². The van der Waals surface area contributed by atoms with Gasteiger partial charge in [-0.2, -0.15) is 0 Å². The van der Waals surface area contributed by atoms with E-state index in [1.54, 1.807) is 12.3 Å². The largest absolute Gasteiger partial charge is 0.465 e. The number of ether oxygens (including phenoxy) is 1. The van der Waals surface area contributed by atoms with Crippen LogP contribution >= 0.6 is 11.6 Å². The topological polar surface area (TPSA) is 159 Å². The second-order valence-electron chi connectivity index (χ2n) is 10.1. The fourth-order valence-electron chi connectivity index (χ4n) is 5.49. The predicted octanol–water partition coefficient (Wildman–Crippen LogP) is 4.03. The average Bonchev–Trinajstić information content (AvgIpc) is 3.30. The molecule has 0 spiro atoms. The van der Waals surface area contributed by atoms with Crippen molar-refractivity contribution in [1.82, 2.24) is 29.8 Å². The molecule has 204 valence electrons. The van der Waals surface area contributed by atoms with Crippen molar-refractivity contribution in [2.24, 2.45) is 17.8 Å². The second-order valence-corrected chi connectivity index (χ2v) is 10.6. The summed E-state index contributed by atoms with van der Waals surface area (Å²) in [7, 11) is 0. The second kappa shape index (κ2) is 11.7. The lowest BCUT2D eigenvalue weighted by Gasteiger charge is -2.29. The summed E-state index contributed by atoms with van der Waals surface area (Å²) in [4.78, 5) is 29.2. The predicted molar refractivity (Wildman–Crippen MR) is 144 cm³/mol. The molecule has 11 nitrogen and oxygen atoms in total. The Morgan fingerprint density at radius 1 is 1.21 bits per heavy atom. The van der Waals surface area contributed by atoms with E-state index in [0.717, 1.165) is 25.7 Å². The van der Waals surface area contributed by atoms with E-state index in [2.05, 4.69) is 20.9 Å². The molecule has 0 bridgehead atoms. The maximum absolute atomic E-state index is 11.6. The molecule has 1 saturated carbocycles. The lowest BCUT2D eigenvalue weighted by Crippen LogP contribution is -2.30. The lowest BCUT2D eigenvalue weighted by molar-refractivity contribution is 0.00230. The number of aliphatic hydroxyl groups is 1. The highest BCUT2D eigenvalue weighted by atomic mass is 35.5. The zero-order valence-electron chi connectivity index (χ0n) is 21.3. The Labute approximate surface area is 230 Å². The van der Waals surface area contributed by atoms with E-state index in [0.29, 0.717) is 66.1 Å². The zero-order chi connectivity index (χ0) is 27.5. The van der Waals surface area contributed by atoms with E-state index in [1.165, 1.54) is 6.20 Å². The molecule has 5 rings (SSSR count). The zero-order valence-corrected chi connectivity index (χ0v) is 22.1. The Kier molecular flexibility index (Phi) is 8.07. The monoisotopic (exact) mass is 551 g/mol. The number of amides is 1. The van der Waals surface area contributed by atoms with Gasteiger partial charge in [0.1, 0.15) is 23.1 Å². The first kappa shape index (κ1) is 27.0. The molecule has 3 aromatic rings. The summed E-state index contributed by atoms with van der Waals surface area (Å²) in [5.74, 6) is 3.25. The number of aromatic nitrogens is 5. The highest BCUT2D eigenvalue weighted by Gasteiger charge is 2.32. The molecule has 3 aromatic heterocycles. The molecule has 4 heterocycles. The molecular weight excluding hydrogens is 522 g/mol. The quantitative estimate of drug-likeness (QED) is 0.203. The van der Waals surface area contributed by atoms with Gasteiger partial charge in [-0.25, -0.2) is 19.7 Å². The summed E-state index contributed by atoms with van der Waals surface area (Å²) >= 11 is 6.27. The SMILES string of the molecule is C#CC1CCC(Cn2c(C(O)C3CCOCC3)nc3nc(C(=N)NC(=O)O)nc(-c4cncc(Cl)c4)c32)CC1. The molecule has 1 aliphatic carbocycles. The molecular formula is C27H30ClN7O4. The molecule has 12 heteroatoms. The molecule has 2 fully saturated rings. The molecule has 2 aliphatic rings. The number of nitrogens with zero attached hydrogens (tertiary/aromatic N) is 5. The standard InChI is InChI=1S/C27H30ClN7O4/c1-2-15-3-5-16(6-4-15)14-35-21-20(18-11-19(28)13-30-12-18)31-25(23(29)32-27(37)38)33-24(21)34-26(35)22(36)17-7-9-39-10-8-17/h1,11-13,15-17,22,36H,3-10,14H2,(H2,29,32)(H,37,38). The first-order chi connectivity index (χ1) is 18.8. The number of hydrogen-bond donors (Lipinski definition) is 4. The molecule has 1 saturated heterocycles. The van der Waals surface area contributed by atoms with Crippen LogP contribution in [-0.2, 0) is 11.3 Å². The minimum atomic E-state index is -1.40. The summed E-state index contributed by atoms with van der Waals surface area (Å²) in [5, 5.41) is 31.3. The van der Waals surface area contributed by atoms with Gasteiger partial charge in [-0.05, 0) is 56.4 Å². The average molecular weight is 552 g/mol. The molecule has 4 N–H and O–H groups in total. The van der Waals surface area contributed by atoms with Crippen molar-refractivity contribution in [2.45, 2.75) is 51.2 Å².